The third kappa shape index (κ3) is 5.16. The molecule has 2 amide bonds. The maximum absolute atomic E-state index is 13.4. The van der Waals surface area contributed by atoms with Gasteiger partial charge in [-0.05, 0) is 79.9 Å². The first kappa shape index (κ1) is 27.3. The van der Waals surface area contributed by atoms with E-state index < -0.39 is 6.61 Å². The Morgan fingerprint density at radius 1 is 1.00 bits per heavy atom. The average Bonchev–Trinajstić information content (AvgIpc) is 3.30. The topological polar surface area (TPSA) is 104 Å². The van der Waals surface area contributed by atoms with Gasteiger partial charge in [-0.25, -0.2) is 9.97 Å². The van der Waals surface area contributed by atoms with Gasteiger partial charge in [0.15, 0.2) is 11.5 Å². The van der Waals surface area contributed by atoms with Crippen molar-refractivity contribution in [1.29, 1.82) is 0 Å². The number of aryl methyl sites for hydroxylation is 1. The second kappa shape index (κ2) is 10.9. The number of carbonyl (C=O) groups excluding carboxylic acids is 2. The number of aromatic nitrogens is 3. The standard InChI is InChI=1S/C31H31F2N7O3/c1-18-14-20(4-7-22(18)29(41)38-10-12-39(13-11-38)30(42)26-23-15-34-16-24(23)26)37-27-28-36-17-25(40(28)9-8-35-27)19-2-5-21(6-3-19)43-31(32)33/h2-9,14,17,23-24,26,31,34H,10-13,15-16H2,1H3,(H,35,37)/t23-,24+,26?. The summed E-state index contributed by atoms with van der Waals surface area (Å²) >= 11 is 0. The van der Waals surface area contributed by atoms with Gasteiger partial charge in [0.1, 0.15) is 5.75 Å². The Morgan fingerprint density at radius 3 is 2.42 bits per heavy atom. The summed E-state index contributed by atoms with van der Waals surface area (Å²) in [5.41, 5.74) is 4.34. The van der Waals surface area contributed by atoms with Crippen LogP contribution in [0, 0.1) is 24.7 Å². The molecule has 2 aliphatic heterocycles. The molecule has 2 N–H and O–H groups in total. The van der Waals surface area contributed by atoms with E-state index in [2.05, 4.69) is 25.3 Å². The lowest BCUT2D eigenvalue weighted by Gasteiger charge is -2.35. The molecule has 2 aromatic carbocycles. The van der Waals surface area contributed by atoms with Gasteiger partial charge in [-0.3, -0.25) is 14.0 Å². The molecule has 3 atom stereocenters. The van der Waals surface area contributed by atoms with Gasteiger partial charge in [-0.15, -0.1) is 0 Å². The van der Waals surface area contributed by atoms with Crippen molar-refractivity contribution in [3.05, 3.63) is 72.2 Å². The lowest BCUT2D eigenvalue weighted by molar-refractivity contribution is -0.134. The lowest BCUT2D eigenvalue weighted by atomic mass is 10.1. The SMILES string of the molecule is Cc1cc(Nc2nccn3c(-c4ccc(OC(F)F)cc4)cnc23)ccc1C(=O)N1CCN(C(=O)C2[C@H]3CNC[C@@H]23)CC1. The van der Waals surface area contributed by atoms with Gasteiger partial charge in [0.25, 0.3) is 5.91 Å². The zero-order valence-electron chi connectivity index (χ0n) is 23.5. The summed E-state index contributed by atoms with van der Waals surface area (Å²) in [5.74, 6) is 1.99. The maximum atomic E-state index is 13.4. The molecule has 1 unspecified atom stereocenters. The van der Waals surface area contributed by atoms with Crippen molar-refractivity contribution in [2.45, 2.75) is 13.5 Å². The van der Waals surface area contributed by atoms with Crippen molar-refractivity contribution >= 4 is 29.0 Å². The number of hydrogen-bond donors (Lipinski definition) is 2. The van der Waals surface area contributed by atoms with Crippen molar-refractivity contribution in [2.24, 2.45) is 17.8 Å². The number of ether oxygens (including phenoxy) is 1. The molecular weight excluding hydrogens is 556 g/mol. The van der Waals surface area contributed by atoms with Crippen LogP contribution in [0.3, 0.4) is 0 Å². The molecule has 222 valence electrons. The molecule has 3 aliphatic rings. The second-order valence-electron chi connectivity index (χ2n) is 11.3. The van der Waals surface area contributed by atoms with Gasteiger partial charge < -0.3 is 25.2 Å². The van der Waals surface area contributed by atoms with Gasteiger partial charge >= 0.3 is 6.61 Å². The Kier molecular flexibility index (Phi) is 6.92. The highest BCUT2D eigenvalue weighted by Gasteiger charge is 2.58. The van der Waals surface area contributed by atoms with Crippen molar-refractivity contribution in [1.82, 2.24) is 29.5 Å². The van der Waals surface area contributed by atoms with Crippen LogP contribution in [0.4, 0.5) is 20.3 Å². The van der Waals surface area contributed by atoms with E-state index >= 15 is 0 Å². The average molecular weight is 588 g/mol. The number of fused-ring (bicyclic) bond motifs is 2. The summed E-state index contributed by atoms with van der Waals surface area (Å²) in [5, 5.41) is 6.64. The number of alkyl halides is 2. The van der Waals surface area contributed by atoms with E-state index in [0.29, 0.717) is 55.0 Å². The Balaban J connectivity index is 1.01. The molecule has 4 heterocycles. The molecule has 4 aromatic rings. The molecule has 0 radical (unpaired) electrons. The molecule has 10 nitrogen and oxygen atoms in total. The third-order valence-electron chi connectivity index (χ3n) is 8.78. The zero-order chi connectivity index (χ0) is 29.7. The van der Waals surface area contributed by atoms with E-state index in [1.54, 1.807) is 30.7 Å². The molecule has 0 spiro atoms. The molecule has 12 heteroatoms. The van der Waals surface area contributed by atoms with Crippen LogP contribution >= 0.6 is 0 Å². The van der Waals surface area contributed by atoms with Crippen LogP contribution in [0.2, 0.25) is 0 Å². The van der Waals surface area contributed by atoms with Gasteiger partial charge in [0.05, 0.1) is 11.9 Å². The van der Waals surface area contributed by atoms with Crippen molar-refractivity contribution in [3.8, 4) is 17.0 Å². The van der Waals surface area contributed by atoms with E-state index in [1.807, 2.05) is 39.3 Å². The van der Waals surface area contributed by atoms with Gasteiger partial charge in [-0.1, -0.05) is 0 Å². The van der Waals surface area contributed by atoms with E-state index in [9.17, 15) is 18.4 Å². The van der Waals surface area contributed by atoms with Crippen LogP contribution in [-0.2, 0) is 4.79 Å². The second-order valence-corrected chi connectivity index (χ2v) is 11.3. The first-order valence-electron chi connectivity index (χ1n) is 14.4. The Bertz CT molecular complexity index is 1670. The van der Waals surface area contributed by atoms with Crippen molar-refractivity contribution in [2.75, 3.05) is 44.6 Å². The summed E-state index contributed by atoms with van der Waals surface area (Å²) in [6, 6.07) is 11.9. The number of nitrogens with zero attached hydrogens (tertiary/aromatic N) is 5. The number of anilines is 2. The van der Waals surface area contributed by atoms with Gasteiger partial charge in [0, 0.05) is 61.3 Å². The summed E-state index contributed by atoms with van der Waals surface area (Å²) in [6.45, 7) is 3.10. The third-order valence-corrected chi connectivity index (χ3v) is 8.78. The predicted octanol–water partition coefficient (Wildman–Crippen LogP) is 3.80. The van der Waals surface area contributed by atoms with Crippen LogP contribution in [0.1, 0.15) is 15.9 Å². The Morgan fingerprint density at radius 2 is 1.72 bits per heavy atom. The highest BCUT2D eigenvalue weighted by atomic mass is 19.3. The predicted molar refractivity (Wildman–Crippen MR) is 155 cm³/mol. The largest absolute Gasteiger partial charge is 0.435 e. The molecule has 2 aromatic heterocycles. The fraction of sp³-hybridized carbons (Fsp3) is 0.355. The minimum atomic E-state index is -2.88. The molecule has 1 saturated carbocycles. The highest BCUT2D eigenvalue weighted by molar-refractivity contribution is 5.96. The fourth-order valence-corrected chi connectivity index (χ4v) is 6.44. The van der Waals surface area contributed by atoms with E-state index in [-0.39, 0.29) is 23.5 Å². The summed E-state index contributed by atoms with van der Waals surface area (Å²) < 4.78 is 31.3. The minimum Gasteiger partial charge on any atom is -0.435 e. The summed E-state index contributed by atoms with van der Waals surface area (Å²) in [4.78, 5) is 39.0. The molecule has 7 rings (SSSR count). The van der Waals surface area contributed by atoms with Crippen LogP contribution in [0.15, 0.2) is 61.1 Å². The molecule has 0 bridgehead atoms. The number of piperidine rings is 1. The summed E-state index contributed by atoms with van der Waals surface area (Å²) in [7, 11) is 0. The first-order chi connectivity index (χ1) is 20.9. The Labute approximate surface area is 246 Å². The normalized spacial score (nSPS) is 21.3. The molecular formula is C31H31F2N7O3. The van der Waals surface area contributed by atoms with Crippen LogP contribution < -0.4 is 15.4 Å². The van der Waals surface area contributed by atoms with Gasteiger partial charge in [0.2, 0.25) is 5.91 Å². The number of amides is 2. The van der Waals surface area contributed by atoms with Crippen molar-refractivity contribution < 1.29 is 23.1 Å². The molecule has 1 aliphatic carbocycles. The number of hydrogen-bond acceptors (Lipinski definition) is 7. The van der Waals surface area contributed by atoms with E-state index in [4.69, 9.17) is 0 Å². The van der Waals surface area contributed by atoms with Crippen LogP contribution in [-0.4, -0.2) is 81.9 Å². The fourth-order valence-electron chi connectivity index (χ4n) is 6.44. The lowest BCUT2D eigenvalue weighted by Crippen LogP contribution is -2.51. The monoisotopic (exact) mass is 587 g/mol. The van der Waals surface area contributed by atoms with E-state index in [1.165, 1.54) is 12.1 Å². The van der Waals surface area contributed by atoms with Crippen LogP contribution in [0.25, 0.3) is 16.9 Å². The molecule has 43 heavy (non-hydrogen) atoms. The zero-order valence-corrected chi connectivity index (χ0v) is 23.5. The number of halogens is 2. The maximum Gasteiger partial charge on any atom is 0.387 e. The number of benzene rings is 2. The first-order valence-corrected chi connectivity index (χ1v) is 14.4. The number of nitrogens with one attached hydrogen (secondary N) is 2. The summed E-state index contributed by atoms with van der Waals surface area (Å²) in [6.07, 6.45) is 5.12. The van der Waals surface area contributed by atoms with E-state index in [0.717, 1.165) is 35.6 Å². The van der Waals surface area contributed by atoms with Crippen molar-refractivity contribution in [3.63, 3.8) is 0 Å². The smallest absolute Gasteiger partial charge is 0.387 e. The Hall–Kier alpha value is -4.58. The number of imidazole rings is 1. The molecule has 2 saturated heterocycles. The van der Waals surface area contributed by atoms with Gasteiger partial charge in [-0.2, -0.15) is 8.78 Å². The quantitative estimate of drug-likeness (QED) is 0.339. The number of piperazine rings is 1. The number of rotatable bonds is 7. The van der Waals surface area contributed by atoms with Crippen LogP contribution in [0.5, 0.6) is 5.75 Å². The number of carbonyl (C=O) groups is 2. The minimum absolute atomic E-state index is 0.0354. The highest BCUT2D eigenvalue weighted by Crippen LogP contribution is 2.49. The molecule has 3 fully saturated rings.